The molecule has 342 valence electrons. The first kappa shape index (κ1) is 53.4. The first-order chi connectivity index (χ1) is 28.9. The number of primary amides is 2. The maximum absolute atomic E-state index is 13.4. The molecule has 17 N–H and O–H groups in total. The molecule has 0 spiro atoms. The summed E-state index contributed by atoms with van der Waals surface area (Å²) in [6.45, 7) is -0.106. The summed E-state index contributed by atoms with van der Waals surface area (Å²) in [7, 11) is 0. The fraction of sp³-hybridized carbons (Fsp3) is 0.595. The molecular formula is C37H61N11O13. The second-order valence-corrected chi connectivity index (χ2v) is 14.1. The third-order valence-electron chi connectivity index (χ3n) is 8.97. The number of nitrogens with two attached hydrogens (primary N) is 3. The zero-order valence-electron chi connectivity index (χ0n) is 34.2. The smallest absolute Gasteiger partial charge is 0.246 e. The summed E-state index contributed by atoms with van der Waals surface area (Å²) >= 11 is 0. The number of amides is 8. The molecule has 1 aromatic carbocycles. The van der Waals surface area contributed by atoms with Crippen LogP contribution in [-0.4, -0.2) is 167 Å². The number of hydrogen-bond donors (Lipinski definition) is 14. The molecule has 0 heterocycles. The highest BCUT2D eigenvalue weighted by Crippen LogP contribution is 2.11. The van der Waals surface area contributed by atoms with Crippen molar-refractivity contribution in [3.8, 4) is 0 Å². The zero-order valence-corrected chi connectivity index (χ0v) is 34.2. The predicted molar refractivity (Wildman–Crippen MR) is 215 cm³/mol. The van der Waals surface area contributed by atoms with Gasteiger partial charge in [-0.3, -0.25) is 43.8 Å². The Hall–Kier alpha value is -5.63. The molecule has 0 saturated heterocycles. The monoisotopic (exact) mass is 867 g/mol. The lowest BCUT2D eigenvalue weighted by Crippen LogP contribution is -2.62. The zero-order chi connectivity index (χ0) is 46.1. The quantitative estimate of drug-likeness (QED) is 0.0187. The molecule has 0 fully saturated rings. The number of aldehydes is 1. The second-order valence-electron chi connectivity index (χ2n) is 14.1. The fourth-order valence-electron chi connectivity index (χ4n) is 5.65. The number of carbonyl (C=O) groups excluding carboxylic acids is 9. The van der Waals surface area contributed by atoms with Crippen molar-refractivity contribution in [3.63, 3.8) is 0 Å². The molecule has 8 amide bonds. The van der Waals surface area contributed by atoms with E-state index in [-0.39, 0.29) is 32.4 Å². The van der Waals surface area contributed by atoms with Crippen LogP contribution in [0.2, 0.25) is 0 Å². The SMILES string of the molecule is CC(=O)N(CC(CC(N)=O)NN[C@H](C=O)CO)C(C(=O)N[C@@H](CO)C(=O)NC(CCC(=O)NCCCCNC(=O)C(Cc1ccccc1)NC(=O)C(N)CO)C(N)=O)C(C)O. The molecule has 8 atom stereocenters. The van der Waals surface area contributed by atoms with E-state index in [4.69, 9.17) is 17.2 Å². The van der Waals surface area contributed by atoms with Crippen LogP contribution < -0.4 is 54.6 Å². The lowest BCUT2D eigenvalue weighted by molar-refractivity contribution is -0.145. The Morgan fingerprint density at radius 2 is 1.38 bits per heavy atom. The van der Waals surface area contributed by atoms with Crippen LogP contribution in [0.4, 0.5) is 0 Å². The van der Waals surface area contributed by atoms with Gasteiger partial charge in [0.25, 0.3) is 0 Å². The van der Waals surface area contributed by atoms with Gasteiger partial charge in [0.2, 0.25) is 47.3 Å². The van der Waals surface area contributed by atoms with Gasteiger partial charge in [-0.25, -0.2) is 5.43 Å². The van der Waals surface area contributed by atoms with Crippen LogP contribution in [0.3, 0.4) is 0 Å². The van der Waals surface area contributed by atoms with E-state index in [9.17, 15) is 63.6 Å². The molecular weight excluding hydrogens is 806 g/mol. The molecule has 24 heteroatoms. The summed E-state index contributed by atoms with van der Waals surface area (Å²) in [5, 5.41) is 51.3. The molecule has 1 aromatic rings. The fourth-order valence-corrected chi connectivity index (χ4v) is 5.65. The average molecular weight is 868 g/mol. The number of unbranched alkanes of at least 4 members (excludes halogenated alkanes) is 1. The maximum atomic E-state index is 13.4. The number of nitrogens with zero attached hydrogens (tertiary/aromatic N) is 1. The number of hydrogen-bond acceptors (Lipinski definition) is 16. The van der Waals surface area contributed by atoms with Crippen molar-refractivity contribution < 1.29 is 63.6 Å². The van der Waals surface area contributed by atoms with Crippen LogP contribution in [0.15, 0.2) is 30.3 Å². The molecule has 0 aliphatic heterocycles. The van der Waals surface area contributed by atoms with Crippen LogP contribution >= 0.6 is 0 Å². The van der Waals surface area contributed by atoms with Crippen molar-refractivity contribution in [1.29, 1.82) is 0 Å². The summed E-state index contributed by atoms with van der Waals surface area (Å²) in [6.07, 6.45) is -1.18. The van der Waals surface area contributed by atoms with E-state index in [0.29, 0.717) is 19.1 Å². The Kier molecular flexibility index (Phi) is 25.2. The largest absolute Gasteiger partial charge is 0.394 e. The van der Waals surface area contributed by atoms with Crippen LogP contribution in [0, 0.1) is 0 Å². The van der Waals surface area contributed by atoms with Gasteiger partial charge in [0.15, 0.2) is 0 Å². The van der Waals surface area contributed by atoms with E-state index in [1.807, 2.05) is 0 Å². The minimum Gasteiger partial charge on any atom is -0.394 e. The van der Waals surface area contributed by atoms with E-state index in [1.165, 1.54) is 0 Å². The van der Waals surface area contributed by atoms with Crippen molar-refractivity contribution in [2.45, 2.75) is 101 Å². The standard InChI is InChI=1S/C37H61N11O13/c1-21(53)32(48(22(2)54)16-24(15-30(39)55)46-47-25(17-49)18-50)37(61)45-29(20-52)36(60)43-27(33(40)57)10-11-31(56)41-12-6-7-13-42-35(59)28(44-34(58)26(38)19-51)14-23-8-4-3-5-9-23/h3-5,8-9,17,21,24-29,32,46-47,50-53H,6-7,10-16,18-20,38H2,1-2H3,(H2,39,55)(H2,40,57)(H,41,56)(H,42,59)(H,43,60)(H,44,58)(H,45,61)/t21?,24?,25-,26?,27?,28?,29+,32?/m1/s1. The van der Waals surface area contributed by atoms with Crippen LogP contribution in [0.5, 0.6) is 0 Å². The number of hydrazine groups is 1. The number of aliphatic hydroxyl groups excluding tert-OH is 4. The number of carbonyl (C=O) groups is 9. The minimum absolute atomic E-state index is 0.176. The van der Waals surface area contributed by atoms with Crippen molar-refractivity contribution in [2.75, 3.05) is 39.5 Å². The van der Waals surface area contributed by atoms with Crippen molar-refractivity contribution in [2.24, 2.45) is 17.2 Å². The normalized spacial score (nSPS) is 14.9. The summed E-state index contributed by atoms with van der Waals surface area (Å²) in [6, 6.07) is -0.245. The molecule has 0 bridgehead atoms. The Bertz CT molecular complexity index is 1610. The Balaban J connectivity index is 2.76. The number of benzene rings is 1. The van der Waals surface area contributed by atoms with Gasteiger partial charge < -0.3 is 73.9 Å². The molecule has 0 aliphatic rings. The Morgan fingerprint density at radius 3 is 1.90 bits per heavy atom. The highest BCUT2D eigenvalue weighted by molar-refractivity contribution is 5.94. The molecule has 1 rings (SSSR count). The molecule has 24 nitrogen and oxygen atoms in total. The Morgan fingerprint density at radius 1 is 0.770 bits per heavy atom. The average Bonchev–Trinajstić information content (AvgIpc) is 3.21. The van der Waals surface area contributed by atoms with Gasteiger partial charge >= 0.3 is 0 Å². The summed E-state index contributed by atoms with van der Waals surface area (Å²) in [4.78, 5) is 113. The van der Waals surface area contributed by atoms with Crippen molar-refractivity contribution >= 4 is 53.5 Å². The molecule has 0 aliphatic carbocycles. The molecule has 0 aromatic heterocycles. The van der Waals surface area contributed by atoms with E-state index >= 15 is 0 Å². The van der Waals surface area contributed by atoms with Crippen molar-refractivity contribution in [3.05, 3.63) is 35.9 Å². The lowest BCUT2D eigenvalue weighted by Gasteiger charge is -2.35. The predicted octanol–water partition coefficient (Wildman–Crippen LogP) is -7.23. The van der Waals surface area contributed by atoms with Crippen LogP contribution in [0.1, 0.15) is 51.5 Å². The van der Waals surface area contributed by atoms with Crippen LogP contribution in [0.25, 0.3) is 0 Å². The molecule has 0 radical (unpaired) electrons. The summed E-state index contributed by atoms with van der Waals surface area (Å²) in [5.74, 6) is -6.54. The lowest BCUT2D eigenvalue weighted by atomic mass is 10.0. The van der Waals surface area contributed by atoms with Gasteiger partial charge in [0.05, 0.1) is 32.0 Å². The van der Waals surface area contributed by atoms with Gasteiger partial charge in [-0.05, 0) is 31.7 Å². The van der Waals surface area contributed by atoms with E-state index in [0.717, 1.165) is 24.3 Å². The van der Waals surface area contributed by atoms with E-state index < -0.39 is 128 Å². The Labute approximate surface area is 352 Å². The topological polar surface area (TPSA) is 400 Å². The first-order valence-electron chi connectivity index (χ1n) is 19.5. The summed E-state index contributed by atoms with van der Waals surface area (Å²) < 4.78 is 0. The van der Waals surface area contributed by atoms with Gasteiger partial charge in [-0.2, -0.15) is 0 Å². The molecule has 0 saturated carbocycles. The highest BCUT2D eigenvalue weighted by Gasteiger charge is 2.36. The first-order valence-corrected chi connectivity index (χ1v) is 19.5. The van der Waals surface area contributed by atoms with Crippen molar-refractivity contribution in [1.82, 2.24) is 42.3 Å². The van der Waals surface area contributed by atoms with Crippen LogP contribution in [-0.2, 0) is 49.6 Å². The van der Waals surface area contributed by atoms with Gasteiger partial charge in [0, 0.05) is 51.9 Å². The second kappa shape index (κ2) is 28.8. The number of nitrogens with one attached hydrogen (secondary N) is 7. The molecule has 61 heavy (non-hydrogen) atoms. The van der Waals surface area contributed by atoms with Gasteiger partial charge in [0.1, 0.15) is 36.5 Å². The van der Waals surface area contributed by atoms with Gasteiger partial charge in [-0.1, -0.05) is 30.3 Å². The number of aliphatic hydroxyl groups is 4. The van der Waals surface area contributed by atoms with E-state index in [1.54, 1.807) is 30.3 Å². The third-order valence-corrected chi connectivity index (χ3v) is 8.97. The minimum atomic E-state index is -1.74. The molecule has 6 unspecified atom stereocenters. The van der Waals surface area contributed by atoms with Gasteiger partial charge in [-0.15, -0.1) is 0 Å². The number of rotatable bonds is 31. The van der Waals surface area contributed by atoms with E-state index in [2.05, 4.69) is 37.4 Å². The third kappa shape index (κ3) is 20.5. The summed E-state index contributed by atoms with van der Waals surface area (Å²) in [5.41, 5.74) is 22.1. The highest BCUT2D eigenvalue weighted by atomic mass is 16.3. The maximum Gasteiger partial charge on any atom is 0.246 e.